The number of aromatic nitrogens is 5. The monoisotopic (exact) mass is 436 g/mol. The molecule has 0 bridgehead atoms. The maximum Gasteiger partial charge on any atom is 0.333 e. The highest BCUT2D eigenvalue weighted by Crippen LogP contribution is 2.35. The number of hydrogen-bond acceptors (Lipinski definition) is 6. The van der Waals surface area contributed by atoms with Gasteiger partial charge >= 0.3 is 5.92 Å². The SMILES string of the molecule is CS(=O)(=O)Cc1cc2c(Nc3ccn[nH]3)nc(C(F)(F)c3ccc(F)cc3)nn2c1. The molecule has 3 heterocycles. The summed E-state index contributed by atoms with van der Waals surface area (Å²) in [6.07, 6.45) is 3.88. The predicted octanol–water partition coefficient (Wildman–Crippen LogP) is 3.02. The third-order valence-corrected chi connectivity index (χ3v) is 5.05. The number of hydrogen-bond donors (Lipinski definition) is 2. The van der Waals surface area contributed by atoms with E-state index in [9.17, 15) is 12.8 Å². The van der Waals surface area contributed by atoms with Crippen molar-refractivity contribution in [2.24, 2.45) is 0 Å². The molecule has 4 aromatic rings. The quantitative estimate of drug-likeness (QED) is 0.481. The molecule has 1 aromatic carbocycles. The van der Waals surface area contributed by atoms with E-state index in [0.29, 0.717) is 16.9 Å². The molecule has 0 radical (unpaired) electrons. The zero-order valence-electron chi connectivity index (χ0n) is 15.5. The molecule has 0 atom stereocenters. The number of benzene rings is 1. The van der Waals surface area contributed by atoms with Crippen molar-refractivity contribution in [3.8, 4) is 0 Å². The Hall–Kier alpha value is -3.41. The van der Waals surface area contributed by atoms with E-state index in [1.165, 1.54) is 18.5 Å². The highest BCUT2D eigenvalue weighted by molar-refractivity contribution is 7.89. The van der Waals surface area contributed by atoms with Gasteiger partial charge in [0, 0.05) is 24.1 Å². The average Bonchev–Trinajstić information content (AvgIpc) is 3.30. The number of H-pyrrole nitrogens is 1. The number of alkyl halides is 2. The summed E-state index contributed by atoms with van der Waals surface area (Å²) in [4.78, 5) is 3.97. The molecule has 2 N–H and O–H groups in total. The second kappa shape index (κ2) is 7.13. The topological polar surface area (TPSA) is 105 Å². The van der Waals surface area contributed by atoms with Crippen molar-refractivity contribution in [3.63, 3.8) is 0 Å². The third-order valence-electron chi connectivity index (χ3n) is 4.19. The standard InChI is InChI=1S/C18H15F3N6O2S/c1-30(28,29)10-11-8-14-16(23-15-6-7-22-25-15)24-17(26-27(14)9-11)18(20,21)12-2-4-13(19)5-3-12/h2-9H,10H2,1H3,(H2,22,23,24,25,26). The van der Waals surface area contributed by atoms with Gasteiger partial charge < -0.3 is 5.32 Å². The van der Waals surface area contributed by atoms with E-state index in [2.05, 4.69) is 25.6 Å². The Labute approximate surface area is 168 Å². The van der Waals surface area contributed by atoms with Gasteiger partial charge in [-0.05, 0) is 35.9 Å². The van der Waals surface area contributed by atoms with Gasteiger partial charge in [0.1, 0.15) is 17.2 Å². The molecule has 0 unspecified atom stereocenters. The molecule has 0 saturated heterocycles. The van der Waals surface area contributed by atoms with Crippen molar-refractivity contribution < 1.29 is 21.6 Å². The third kappa shape index (κ3) is 3.99. The lowest BCUT2D eigenvalue weighted by Gasteiger charge is -2.17. The van der Waals surface area contributed by atoms with Gasteiger partial charge in [-0.2, -0.15) is 13.9 Å². The van der Waals surface area contributed by atoms with Gasteiger partial charge in [0.25, 0.3) is 0 Å². The van der Waals surface area contributed by atoms with Gasteiger partial charge in [-0.1, -0.05) is 0 Å². The minimum Gasteiger partial charge on any atom is -0.323 e. The zero-order valence-corrected chi connectivity index (χ0v) is 16.3. The summed E-state index contributed by atoms with van der Waals surface area (Å²) in [6, 6.07) is 6.82. The van der Waals surface area contributed by atoms with Crippen LogP contribution >= 0.6 is 0 Å². The number of sulfone groups is 1. The van der Waals surface area contributed by atoms with E-state index < -0.39 is 33.0 Å². The fourth-order valence-electron chi connectivity index (χ4n) is 2.90. The molecule has 0 aliphatic carbocycles. The van der Waals surface area contributed by atoms with E-state index in [1.807, 2.05) is 0 Å². The van der Waals surface area contributed by atoms with Crippen molar-refractivity contribution in [2.75, 3.05) is 11.6 Å². The Balaban J connectivity index is 1.86. The van der Waals surface area contributed by atoms with Crippen LogP contribution in [0.15, 0.2) is 48.8 Å². The summed E-state index contributed by atoms with van der Waals surface area (Å²) in [5.41, 5.74) is 0.169. The molecule has 156 valence electrons. The minimum atomic E-state index is -3.63. The number of nitrogens with zero attached hydrogens (tertiary/aromatic N) is 4. The highest BCUT2D eigenvalue weighted by Gasteiger charge is 2.39. The van der Waals surface area contributed by atoms with Crippen LogP contribution in [-0.4, -0.2) is 39.5 Å². The van der Waals surface area contributed by atoms with Gasteiger partial charge in [0.05, 0.1) is 11.9 Å². The Bertz CT molecular complexity index is 1300. The van der Waals surface area contributed by atoms with Crippen LogP contribution in [0.5, 0.6) is 0 Å². The summed E-state index contributed by atoms with van der Waals surface area (Å²) < 4.78 is 67.7. The summed E-state index contributed by atoms with van der Waals surface area (Å²) >= 11 is 0. The van der Waals surface area contributed by atoms with E-state index >= 15 is 8.78 Å². The number of halogens is 3. The first-order chi connectivity index (χ1) is 14.1. The number of rotatable bonds is 6. The van der Waals surface area contributed by atoms with Crippen molar-refractivity contribution in [1.29, 1.82) is 0 Å². The summed E-state index contributed by atoms with van der Waals surface area (Å²) in [7, 11) is -3.35. The van der Waals surface area contributed by atoms with Gasteiger partial charge in [0.2, 0.25) is 5.82 Å². The highest BCUT2D eigenvalue weighted by atomic mass is 32.2. The van der Waals surface area contributed by atoms with E-state index in [4.69, 9.17) is 0 Å². The van der Waals surface area contributed by atoms with Crippen molar-refractivity contribution >= 4 is 27.0 Å². The van der Waals surface area contributed by atoms with Crippen LogP contribution in [0.3, 0.4) is 0 Å². The van der Waals surface area contributed by atoms with Gasteiger partial charge in [0.15, 0.2) is 15.7 Å². The van der Waals surface area contributed by atoms with Crippen LogP contribution in [0.2, 0.25) is 0 Å². The number of nitrogens with one attached hydrogen (secondary N) is 2. The Morgan fingerprint density at radius 2 is 1.93 bits per heavy atom. The fourth-order valence-corrected chi connectivity index (χ4v) is 3.66. The summed E-state index contributed by atoms with van der Waals surface area (Å²) in [5, 5.41) is 13.1. The van der Waals surface area contributed by atoms with Gasteiger partial charge in [-0.25, -0.2) is 22.3 Å². The molecule has 0 fully saturated rings. The smallest absolute Gasteiger partial charge is 0.323 e. The first-order valence-corrected chi connectivity index (χ1v) is 10.7. The number of anilines is 2. The molecule has 12 heteroatoms. The predicted molar refractivity (Wildman–Crippen MR) is 103 cm³/mol. The first kappa shape index (κ1) is 19.9. The lowest BCUT2D eigenvalue weighted by atomic mass is 10.1. The largest absolute Gasteiger partial charge is 0.333 e. The molecule has 30 heavy (non-hydrogen) atoms. The molecule has 0 aliphatic heterocycles. The zero-order chi connectivity index (χ0) is 21.5. The molecule has 0 aliphatic rings. The van der Waals surface area contributed by atoms with Crippen LogP contribution in [0.4, 0.5) is 24.8 Å². The summed E-state index contributed by atoms with van der Waals surface area (Å²) in [6.45, 7) is 0. The molecule has 8 nitrogen and oxygen atoms in total. The van der Waals surface area contributed by atoms with Crippen molar-refractivity contribution in [2.45, 2.75) is 11.7 Å². The second-order valence-corrected chi connectivity index (χ2v) is 8.85. The average molecular weight is 436 g/mol. The van der Waals surface area contributed by atoms with E-state index in [1.54, 1.807) is 6.07 Å². The van der Waals surface area contributed by atoms with Crippen LogP contribution in [0.1, 0.15) is 17.0 Å². The maximum absolute atomic E-state index is 15.1. The molecule has 3 aromatic heterocycles. The van der Waals surface area contributed by atoms with Gasteiger partial charge in [-0.15, -0.1) is 5.10 Å². The normalized spacial score (nSPS) is 12.4. The van der Waals surface area contributed by atoms with Crippen LogP contribution in [0, 0.1) is 5.82 Å². The molecule has 0 amide bonds. The van der Waals surface area contributed by atoms with Crippen LogP contribution in [-0.2, 0) is 21.5 Å². The van der Waals surface area contributed by atoms with Crippen molar-refractivity contribution in [3.05, 3.63) is 71.6 Å². The number of aromatic amines is 1. The molecule has 0 spiro atoms. The first-order valence-electron chi connectivity index (χ1n) is 8.59. The fraction of sp³-hybridized carbons (Fsp3) is 0.167. The van der Waals surface area contributed by atoms with Gasteiger partial charge in [-0.3, -0.25) is 5.10 Å². The van der Waals surface area contributed by atoms with Crippen molar-refractivity contribution in [1.82, 2.24) is 24.8 Å². The van der Waals surface area contributed by atoms with Crippen LogP contribution in [0.25, 0.3) is 5.52 Å². The molecular weight excluding hydrogens is 421 g/mol. The minimum absolute atomic E-state index is 0.0192. The maximum atomic E-state index is 15.1. The number of fused-ring (bicyclic) bond motifs is 1. The van der Waals surface area contributed by atoms with E-state index in [0.717, 1.165) is 35.0 Å². The summed E-state index contributed by atoms with van der Waals surface area (Å²) in [5.74, 6) is -5.01. The lowest BCUT2D eigenvalue weighted by molar-refractivity contribution is 0.0315. The Morgan fingerprint density at radius 1 is 1.20 bits per heavy atom. The lowest BCUT2D eigenvalue weighted by Crippen LogP contribution is -2.21. The second-order valence-electron chi connectivity index (χ2n) is 6.71. The van der Waals surface area contributed by atoms with E-state index in [-0.39, 0.29) is 11.6 Å². The Kier molecular flexibility index (Phi) is 4.73. The Morgan fingerprint density at radius 3 is 2.57 bits per heavy atom. The van der Waals surface area contributed by atoms with Crippen LogP contribution < -0.4 is 5.32 Å². The molecule has 4 rings (SSSR count). The molecule has 0 saturated carbocycles. The molecular formula is C18H15F3N6O2S.